The predicted molar refractivity (Wildman–Crippen MR) is 116 cm³/mol. The lowest BCUT2D eigenvalue weighted by Gasteiger charge is -2.11. The first-order chi connectivity index (χ1) is 14.9. The van der Waals surface area contributed by atoms with E-state index in [0.717, 1.165) is 0 Å². The zero-order valence-corrected chi connectivity index (χ0v) is 17.7. The molecule has 0 bridgehead atoms. The van der Waals surface area contributed by atoms with Gasteiger partial charge in [-0.3, -0.25) is 14.9 Å². The number of H-pyrrole nitrogens is 2. The monoisotopic (exact) mass is 441 g/mol. The lowest BCUT2D eigenvalue weighted by atomic mass is 10.2. The number of hydrogen-bond acceptors (Lipinski definition) is 7. The highest BCUT2D eigenvalue weighted by atomic mass is 32.1. The number of aromatic nitrogens is 3. The van der Waals surface area contributed by atoms with E-state index in [1.54, 1.807) is 29.8 Å². The molecule has 2 amide bonds. The summed E-state index contributed by atoms with van der Waals surface area (Å²) in [6.07, 6.45) is 1.63. The zero-order valence-electron chi connectivity index (χ0n) is 16.9. The number of amides is 2. The first-order valence-electron chi connectivity index (χ1n) is 9.02. The van der Waals surface area contributed by atoms with E-state index in [2.05, 4.69) is 20.3 Å². The highest BCUT2D eigenvalue weighted by Crippen LogP contribution is 2.41. The third-order valence-electron chi connectivity index (χ3n) is 4.65. The third kappa shape index (κ3) is 3.66. The van der Waals surface area contributed by atoms with Crippen LogP contribution in [0.3, 0.4) is 0 Å². The van der Waals surface area contributed by atoms with E-state index >= 15 is 0 Å². The van der Waals surface area contributed by atoms with Gasteiger partial charge in [-0.25, -0.2) is 4.98 Å². The Morgan fingerprint density at radius 3 is 2.48 bits per heavy atom. The van der Waals surface area contributed by atoms with E-state index < -0.39 is 5.91 Å². The van der Waals surface area contributed by atoms with Crippen molar-refractivity contribution >= 4 is 39.2 Å². The number of hydrogen-bond donors (Lipinski definition) is 4. The van der Waals surface area contributed by atoms with Crippen LogP contribution in [-0.4, -0.2) is 48.1 Å². The SMILES string of the molecule is COc1cc(OC)c2cc(C(=O)Nc3nc(-c4c[nH]c(C(N)=O)c4)cs3)[nH]c2c1OC. The molecule has 3 heterocycles. The van der Waals surface area contributed by atoms with E-state index in [0.29, 0.717) is 50.2 Å². The molecule has 0 spiro atoms. The molecule has 31 heavy (non-hydrogen) atoms. The molecule has 160 valence electrons. The molecule has 0 aliphatic carbocycles. The largest absolute Gasteiger partial charge is 0.496 e. The minimum Gasteiger partial charge on any atom is -0.496 e. The summed E-state index contributed by atoms with van der Waals surface area (Å²) in [5, 5.41) is 5.61. The van der Waals surface area contributed by atoms with Gasteiger partial charge >= 0.3 is 0 Å². The Morgan fingerprint density at radius 1 is 1.06 bits per heavy atom. The van der Waals surface area contributed by atoms with Crippen molar-refractivity contribution in [3.8, 4) is 28.5 Å². The fourth-order valence-corrected chi connectivity index (χ4v) is 3.89. The minimum absolute atomic E-state index is 0.282. The number of fused-ring (bicyclic) bond motifs is 1. The van der Waals surface area contributed by atoms with Gasteiger partial charge in [0.2, 0.25) is 0 Å². The fourth-order valence-electron chi connectivity index (χ4n) is 3.17. The molecule has 0 saturated carbocycles. The molecular formula is C20H19N5O5S. The van der Waals surface area contributed by atoms with Crippen molar-refractivity contribution in [1.29, 1.82) is 0 Å². The van der Waals surface area contributed by atoms with Crippen molar-refractivity contribution in [2.75, 3.05) is 26.6 Å². The summed E-state index contributed by atoms with van der Waals surface area (Å²) in [7, 11) is 4.58. The predicted octanol–water partition coefficient (Wildman–Crippen LogP) is 3.00. The van der Waals surface area contributed by atoms with Gasteiger partial charge in [0, 0.05) is 28.6 Å². The number of nitrogens with one attached hydrogen (secondary N) is 3. The van der Waals surface area contributed by atoms with Crippen LogP contribution in [0.15, 0.2) is 29.8 Å². The first kappa shape index (κ1) is 20.3. The zero-order chi connectivity index (χ0) is 22.1. The van der Waals surface area contributed by atoms with Crippen molar-refractivity contribution in [2.45, 2.75) is 0 Å². The number of ether oxygens (including phenoxy) is 3. The molecule has 0 unspecified atom stereocenters. The minimum atomic E-state index is -0.559. The van der Waals surface area contributed by atoms with E-state index in [1.165, 1.54) is 32.7 Å². The first-order valence-corrected chi connectivity index (χ1v) is 9.90. The van der Waals surface area contributed by atoms with Gasteiger partial charge in [-0.2, -0.15) is 0 Å². The molecule has 0 saturated heterocycles. The molecule has 5 N–H and O–H groups in total. The Balaban J connectivity index is 1.61. The summed E-state index contributed by atoms with van der Waals surface area (Å²) in [6.45, 7) is 0. The van der Waals surface area contributed by atoms with Crippen LogP contribution >= 0.6 is 11.3 Å². The maximum absolute atomic E-state index is 12.8. The Hall–Kier alpha value is -3.99. The summed E-state index contributed by atoms with van der Waals surface area (Å²) in [4.78, 5) is 34.3. The molecule has 11 heteroatoms. The summed E-state index contributed by atoms with van der Waals surface area (Å²) in [6, 6.07) is 4.97. The van der Waals surface area contributed by atoms with Crippen LogP contribution < -0.4 is 25.3 Å². The van der Waals surface area contributed by atoms with E-state index in [9.17, 15) is 9.59 Å². The van der Waals surface area contributed by atoms with Crippen LogP contribution in [0, 0.1) is 0 Å². The number of thiazole rings is 1. The molecular weight excluding hydrogens is 422 g/mol. The molecule has 0 fully saturated rings. The summed E-state index contributed by atoms with van der Waals surface area (Å²) in [5.74, 6) is 0.541. The second-order valence-electron chi connectivity index (χ2n) is 6.44. The summed E-state index contributed by atoms with van der Waals surface area (Å²) in [5.41, 5.74) is 7.72. The Labute approximate surface area is 180 Å². The molecule has 0 radical (unpaired) electrons. The van der Waals surface area contributed by atoms with Gasteiger partial charge in [0.15, 0.2) is 16.6 Å². The van der Waals surface area contributed by atoms with Crippen LogP contribution in [0.5, 0.6) is 17.2 Å². The second-order valence-corrected chi connectivity index (χ2v) is 7.30. The number of anilines is 1. The number of rotatable bonds is 7. The van der Waals surface area contributed by atoms with Crippen molar-refractivity contribution in [3.63, 3.8) is 0 Å². The van der Waals surface area contributed by atoms with Gasteiger partial charge in [-0.15, -0.1) is 11.3 Å². The normalized spacial score (nSPS) is 10.8. The molecule has 10 nitrogen and oxygen atoms in total. The number of benzene rings is 1. The van der Waals surface area contributed by atoms with E-state index in [4.69, 9.17) is 19.9 Å². The number of nitrogens with zero attached hydrogens (tertiary/aromatic N) is 1. The average molecular weight is 441 g/mol. The number of aromatic amines is 2. The molecule has 3 aromatic heterocycles. The van der Waals surface area contributed by atoms with Crippen molar-refractivity contribution in [1.82, 2.24) is 15.0 Å². The maximum Gasteiger partial charge on any atom is 0.273 e. The standard InChI is InChI=1S/C20H19N5O5S/c1-28-14-6-15(29-2)17(30-3)16-10(14)5-12(23-16)19(27)25-20-24-13(8-31-20)9-4-11(18(21)26)22-7-9/h4-8,22-23H,1-3H3,(H2,21,26)(H,24,25,27). The molecule has 0 aliphatic heterocycles. The number of carbonyl (C=O) groups excluding carboxylic acids is 2. The van der Waals surface area contributed by atoms with Crippen LogP contribution in [0.25, 0.3) is 22.2 Å². The van der Waals surface area contributed by atoms with E-state index in [1.807, 2.05) is 0 Å². The van der Waals surface area contributed by atoms with Gasteiger partial charge in [0.05, 0.1) is 32.5 Å². The molecule has 0 atom stereocenters. The van der Waals surface area contributed by atoms with Gasteiger partial charge in [-0.1, -0.05) is 0 Å². The highest BCUT2D eigenvalue weighted by Gasteiger charge is 2.20. The fraction of sp³-hybridized carbons (Fsp3) is 0.150. The quantitative estimate of drug-likeness (QED) is 0.347. The second kappa shape index (κ2) is 8.03. The summed E-state index contributed by atoms with van der Waals surface area (Å²) >= 11 is 1.26. The Bertz CT molecular complexity index is 1290. The van der Waals surface area contributed by atoms with Crippen molar-refractivity contribution < 1.29 is 23.8 Å². The number of nitrogens with two attached hydrogens (primary N) is 1. The maximum atomic E-state index is 12.8. The van der Waals surface area contributed by atoms with Gasteiger partial charge < -0.3 is 29.9 Å². The molecule has 4 rings (SSSR count). The number of carbonyl (C=O) groups is 2. The number of primary amides is 1. The van der Waals surface area contributed by atoms with Crippen LogP contribution in [0.1, 0.15) is 21.0 Å². The molecule has 1 aromatic carbocycles. The van der Waals surface area contributed by atoms with Gasteiger partial charge in [-0.05, 0) is 12.1 Å². The lowest BCUT2D eigenvalue weighted by Crippen LogP contribution is -2.12. The molecule has 0 aliphatic rings. The van der Waals surface area contributed by atoms with Gasteiger partial charge in [0.1, 0.15) is 17.1 Å². The Kier molecular flexibility index (Phi) is 5.26. The highest BCUT2D eigenvalue weighted by molar-refractivity contribution is 7.14. The lowest BCUT2D eigenvalue weighted by molar-refractivity contribution is 0.0993. The van der Waals surface area contributed by atoms with Crippen molar-refractivity contribution in [2.24, 2.45) is 5.73 Å². The van der Waals surface area contributed by atoms with E-state index in [-0.39, 0.29) is 11.6 Å². The van der Waals surface area contributed by atoms with Crippen LogP contribution in [0.4, 0.5) is 5.13 Å². The smallest absolute Gasteiger partial charge is 0.273 e. The van der Waals surface area contributed by atoms with Crippen molar-refractivity contribution in [3.05, 3.63) is 41.2 Å². The average Bonchev–Trinajstić information content (AvgIpc) is 3.50. The van der Waals surface area contributed by atoms with Gasteiger partial charge in [0.25, 0.3) is 11.8 Å². The number of methoxy groups -OCH3 is 3. The van der Waals surface area contributed by atoms with Crippen LogP contribution in [0.2, 0.25) is 0 Å². The third-order valence-corrected chi connectivity index (χ3v) is 5.41. The molecule has 4 aromatic rings. The topological polar surface area (TPSA) is 144 Å². The van der Waals surface area contributed by atoms with Crippen LogP contribution in [-0.2, 0) is 0 Å². The summed E-state index contributed by atoms with van der Waals surface area (Å²) < 4.78 is 16.2. The Morgan fingerprint density at radius 2 is 1.84 bits per heavy atom.